The van der Waals surface area contributed by atoms with Gasteiger partial charge in [-0.05, 0) is 75.8 Å². The molecule has 9 nitrogen and oxygen atoms in total. The zero-order chi connectivity index (χ0) is 27.5. The summed E-state index contributed by atoms with van der Waals surface area (Å²) in [5, 5.41) is 5.76. The van der Waals surface area contributed by atoms with E-state index in [1.54, 1.807) is 45.3 Å². The molecule has 0 bridgehead atoms. The van der Waals surface area contributed by atoms with Crippen molar-refractivity contribution in [2.24, 2.45) is 0 Å². The molecule has 1 aromatic heterocycles. The Hall–Kier alpha value is -3.98. The van der Waals surface area contributed by atoms with Crippen LogP contribution < -0.4 is 15.4 Å². The minimum atomic E-state index is -0.596. The number of aromatic nitrogens is 2. The summed E-state index contributed by atoms with van der Waals surface area (Å²) in [7, 11) is 0. The van der Waals surface area contributed by atoms with E-state index in [9.17, 15) is 9.59 Å². The lowest BCUT2D eigenvalue weighted by Gasteiger charge is -2.19. The number of anilines is 2. The van der Waals surface area contributed by atoms with E-state index in [1.165, 1.54) is 0 Å². The summed E-state index contributed by atoms with van der Waals surface area (Å²) in [6.07, 6.45) is 3.44. The maximum atomic E-state index is 12.3. The van der Waals surface area contributed by atoms with E-state index >= 15 is 0 Å². The standard InChI is InChI=1S/C29H37N5O4/c1-6-34(7-2)16-17-37-25-14-12-24(13-15-25)33-28-31-18-23(19-32-28)21-8-10-22(11-9-21)27(36)30-20-26(35)38-29(3,4)5/h8-15,18-19H,6-7,16-17,20H2,1-5H3,(H,30,36)(H,31,32,33). The Balaban J connectivity index is 1.50. The third-order valence-corrected chi connectivity index (χ3v) is 5.63. The van der Waals surface area contributed by atoms with Crippen LogP contribution >= 0.6 is 0 Å². The molecule has 1 amide bonds. The second kappa shape index (κ2) is 13.5. The van der Waals surface area contributed by atoms with E-state index < -0.39 is 11.6 Å². The number of benzene rings is 2. The van der Waals surface area contributed by atoms with Gasteiger partial charge in [-0.3, -0.25) is 9.59 Å². The van der Waals surface area contributed by atoms with Gasteiger partial charge in [0.15, 0.2) is 0 Å². The minimum Gasteiger partial charge on any atom is -0.492 e. The van der Waals surface area contributed by atoms with Crippen LogP contribution in [0.4, 0.5) is 11.6 Å². The average molecular weight is 520 g/mol. The number of hydrogen-bond donors (Lipinski definition) is 2. The zero-order valence-corrected chi connectivity index (χ0v) is 22.8. The van der Waals surface area contributed by atoms with Crippen LogP contribution in [0.1, 0.15) is 45.0 Å². The van der Waals surface area contributed by atoms with Crippen LogP contribution in [-0.2, 0) is 9.53 Å². The third kappa shape index (κ3) is 9.15. The van der Waals surface area contributed by atoms with Crippen molar-refractivity contribution in [1.29, 1.82) is 0 Å². The minimum absolute atomic E-state index is 0.188. The van der Waals surface area contributed by atoms with Crippen LogP contribution in [0.3, 0.4) is 0 Å². The largest absolute Gasteiger partial charge is 0.492 e. The van der Waals surface area contributed by atoms with Crippen LogP contribution in [0.15, 0.2) is 60.9 Å². The first-order valence-corrected chi connectivity index (χ1v) is 12.8. The molecule has 38 heavy (non-hydrogen) atoms. The van der Waals surface area contributed by atoms with Gasteiger partial charge in [-0.2, -0.15) is 0 Å². The number of amides is 1. The maximum absolute atomic E-state index is 12.3. The molecule has 2 aromatic carbocycles. The predicted octanol–water partition coefficient (Wildman–Crippen LogP) is 4.68. The van der Waals surface area contributed by atoms with Gasteiger partial charge in [0.05, 0.1) is 0 Å². The normalized spacial score (nSPS) is 11.2. The molecule has 9 heteroatoms. The summed E-state index contributed by atoms with van der Waals surface area (Å²) in [5.74, 6) is 0.463. The number of likely N-dealkylation sites (N-methyl/N-ethyl adjacent to an activating group) is 1. The molecule has 0 fully saturated rings. The first-order valence-electron chi connectivity index (χ1n) is 12.8. The smallest absolute Gasteiger partial charge is 0.325 e. The second-order valence-corrected chi connectivity index (χ2v) is 9.67. The number of hydrogen-bond acceptors (Lipinski definition) is 8. The van der Waals surface area contributed by atoms with Gasteiger partial charge in [0.1, 0.15) is 24.5 Å². The van der Waals surface area contributed by atoms with Gasteiger partial charge in [0.25, 0.3) is 5.91 Å². The number of esters is 1. The molecule has 0 aliphatic carbocycles. The lowest BCUT2D eigenvalue weighted by molar-refractivity contribution is -0.153. The number of ether oxygens (including phenoxy) is 2. The first-order chi connectivity index (χ1) is 18.2. The van der Waals surface area contributed by atoms with Gasteiger partial charge in [0, 0.05) is 35.8 Å². The Morgan fingerprint density at radius 2 is 1.53 bits per heavy atom. The Bertz CT molecular complexity index is 1170. The van der Waals surface area contributed by atoms with E-state index in [4.69, 9.17) is 9.47 Å². The lowest BCUT2D eigenvalue weighted by atomic mass is 10.1. The van der Waals surface area contributed by atoms with Crippen LogP contribution in [-0.4, -0.2) is 65.1 Å². The molecule has 3 aromatic rings. The van der Waals surface area contributed by atoms with Crippen LogP contribution in [0.25, 0.3) is 11.1 Å². The lowest BCUT2D eigenvalue weighted by Crippen LogP contribution is -2.34. The first kappa shape index (κ1) is 28.6. The van der Waals surface area contributed by atoms with E-state index in [0.29, 0.717) is 18.1 Å². The highest BCUT2D eigenvalue weighted by Gasteiger charge is 2.17. The molecule has 2 N–H and O–H groups in total. The highest BCUT2D eigenvalue weighted by atomic mass is 16.6. The fraction of sp³-hybridized carbons (Fsp3) is 0.379. The quantitative estimate of drug-likeness (QED) is 0.332. The van der Waals surface area contributed by atoms with Crippen molar-refractivity contribution in [2.75, 3.05) is 38.1 Å². The molecule has 0 atom stereocenters. The van der Waals surface area contributed by atoms with Gasteiger partial charge < -0.3 is 25.0 Å². The molecule has 3 rings (SSSR count). The molecular formula is C29H37N5O4. The predicted molar refractivity (Wildman–Crippen MR) is 149 cm³/mol. The number of nitrogens with zero attached hydrogens (tertiary/aromatic N) is 3. The molecule has 0 unspecified atom stereocenters. The van der Waals surface area contributed by atoms with Crippen molar-refractivity contribution in [1.82, 2.24) is 20.2 Å². The highest BCUT2D eigenvalue weighted by molar-refractivity contribution is 5.96. The fourth-order valence-corrected chi connectivity index (χ4v) is 3.58. The molecule has 0 saturated heterocycles. The number of nitrogens with one attached hydrogen (secondary N) is 2. The molecular weight excluding hydrogens is 482 g/mol. The SMILES string of the molecule is CCN(CC)CCOc1ccc(Nc2ncc(-c3ccc(C(=O)NCC(=O)OC(C)(C)C)cc3)cn2)cc1. The summed E-state index contributed by atoms with van der Waals surface area (Å²) in [6.45, 7) is 13.0. The molecule has 202 valence electrons. The molecule has 0 radical (unpaired) electrons. The van der Waals surface area contributed by atoms with Crippen molar-refractivity contribution >= 4 is 23.5 Å². The molecule has 0 aliphatic heterocycles. The number of carbonyl (C=O) groups excluding carboxylic acids is 2. The van der Waals surface area contributed by atoms with Gasteiger partial charge in [-0.1, -0.05) is 26.0 Å². The summed E-state index contributed by atoms with van der Waals surface area (Å²) < 4.78 is 11.0. The van der Waals surface area contributed by atoms with Gasteiger partial charge in [0.2, 0.25) is 5.95 Å². The third-order valence-electron chi connectivity index (χ3n) is 5.63. The van der Waals surface area contributed by atoms with Crippen molar-refractivity contribution in [2.45, 2.75) is 40.2 Å². The monoisotopic (exact) mass is 519 g/mol. The fourth-order valence-electron chi connectivity index (χ4n) is 3.58. The molecule has 1 heterocycles. The van der Waals surface area contributed by atoms with E-state index in [2.05, 4.69) is 39.3 Å². The Labute approximate surface area is 224 Å². The number of carbonyl (C=O) groups is 2. The Kier molecular flexibility index (Phi) is 10.2. The van der Waals surface area contributed by atoms with Crippen LogP contribution in [0.2, 0.25) is 0 Å². The maximum Gasteiger partial charge on any atom is 0.325 e. The summed E-state index contributed by atoms with van der Waals surface area (Å²) in [4.78, 5) is 35.3. The van der Waals surface area contributed by atoms with E-state index in [1.807, 2.05) is 36.4 Å². The zero-order valence-electron chi connectivity index (χ0n) is 22.8. The van der Waals surface area contributed by atoms with Crippen LogP contribution in [0, 0.1) is 0 Å². The van der Waals surface area contributed by atoms with Crippen molar-refractivity contribution < 1.29 is 19.1 Å². The van der Waals surface area contributed by atoms with Gasteiger partial charge in [-0.15, -0.1) is 0 Å². The van der Waals surface area contributed by atoms with Crippen LogP contribution in [0.5, 0.6) is 5.75 Å². The Morgan fingerprint density at radius 3 is 2.11 bits per heavy atom. The topological polar surface area (TPSA) is 106 Å². The second-order valence-electron chi connectivity index (χ2n) is 9.67. The average Bonchev–Trinajstić information content (AvgIpc) is 2.90. The molecule has 0 spiro atoms. The van der Waals surface area contributed by atoms with E-state index in [-0.39, 0.29) is 12.5 Å². The summed E-state index contributed by atoms with van der Waals surface area (Å²) >= 11 is 0. The molecule has 0 aliphatic rings. The summed E-state index contributed by atoms with van der Waals surface area (Å²) in [6, 6.07) is 14.7. The summed E-state index contributed by atoms with van der Waals surface area (Å²) in [5.41, 5.74) is 2.38. The number of rotatable bonds is 12. The van der Waals surface area contributed by atoms with Gasteiger partial charge in [-0.25, -0.2) is 9.97 Å². The van der Waals surface area contributed by atoms with Crippen molar-refractivity contribution in [3.63, 3.8) is 0 Å². The van der Waals surface area contributed by atoms with Crippen molar-refractivity contribution in [3.8, 4) is 16.9 Å². The van der Waals surface area contributed by atoms with Crippen molar-refractivity contribution in [3.05, 3.63) is 66.5 Å². The van der Waals surface area contributed by atoms with Gasteiger partial charge >= 0.3 is 5.97 Å². The Morgan fingerprint density at radius 1 is 0.895 bits per heavy atom. The molecule has 0 saturated carbocycles. The highest BCUT2D eigenvalue weighted by Crippen LogP contribution is 2.21. The van der Waals surface area contributed by atoms with E-state index in [0.717, 1.165) is 42.2 Å².